The van der Waals surface area contributed by atoms with Gasteiger partial charge in [0.1, 0.15) is 5.82 Å². The molecule has 1 N–H and O–H groups in total. The first-order valence-electron chi connectivity index (χ1n) is 8.61. The molecular weight excluding hydrogens is 363 g/mol. The molecule has 8 heteroatoms. The van der Waals surface area contributed by atoms with E-state index in [4.69, 9.17) is 0 Å². The van der Waals surface area contributed by atoms with E-state index >= 15 is 0 Å². The van der Waals surface area contributed by atoms with Crippen LogP contribution in [0.25, 0.3) is 5.69 Å². The van der Waals surface area contributed by atoms with Crippen LogP contribution in [0.4, 0.5) is 15.8 Å². The molecule has 140 valence electrons. The Morgan fingerprint density at radius 3 is 2.50 bits per heavy atom. The molecule has 4 rings (SSSR count). The van der Waals surface area contributed by atoms with Gasteiger partial charge in [0.25, 0.3) is 5.91 Å². The average Bonchev–Trinajstić information content (AvgIpc) is 3.30. The van der Waals surface area contributed by atoms with E-state index in [0.29, 0.717) is 17.1 Å². The van der Waals surface area contributed by atoms with Crippen LogP contribution < -0.4 is 10.2 Å². The van der Waals surface area contributed by atoms with Crippen molar-refractivity contribution in [3.63, 3.8) is 0 Å². The number of anilines is 2. The van der Waals surface area contributed by atoms with Crippen molar-refractivity contribution in [1.29, 1.82) is 0 Å². The fourth-order valence-electron chi connectivity index (χ4n) is 3.01. The lowest BCUT2D eigenvalue weighted by atomic mass is 10.2. The van der Waals surface area contributed by atoms with Crippen molar-refractivity contribution in [2.45, 2.75) is 12.8 Å². The van der Waals surface area contributed by atoms with Gasteiger partial charge in [-0.05, 0) is 36.4 Å². The normalized spacial score (nSPS) is 13.8. The van der Waals surface area contributed by atoms with Gasteiger partial charge < -0.3 is 5.32 Å². The van der Waals surface area contributed by atoms with E-state index in [-0.39, 0.29) is 30.3 Å². The zero-order valence-electron chi connectivity index (χ0n) is 14.6. The van der Waals surface area contributed by atoms with Gasteiger partial charge >= 0.3 is 0 Å². The number of rotatable bonds is 4. The third-order valence-corrected chi connectivity index (χ3v) is 4.34. The molecule has 7 nitrogen and oxygen atoms in total. The van der Waals surface area contributed by atoms with Crippen molar-refractivity contribution in [2.75, 3.05) is 10.2 Å². The van der Waals surface area contributed by atoms with E-state index in [0.717, 1.165) is 4.90 Å². The van der Waals surface area contributed by atoms with Crippen molar-refractivity contribution >= 4 is 29.1 Å². The number of benzene rings is 2. The fraction of sp³-hybridized carbons (Fsp3) is 0.100. The minimum Gasteiger partial charge on any atom is -0.319 e. The average molecular weight is 378 g/mol. The molecule has 1 fully saturated rings. The molecule has 0 spiro atoms. The first-order valence-corrected chi connectivity index (χ1v) is 8.61. The number of carbonyl (C=O) groups is 3. The first-order chi connectivity index (χ1) is 13.5. The third-order valence-electron chi connectivity index (χ3n) is 4.34. The Bertz CT molecular complexity index is 1080. The van der Waals surface area contributed by atoms with Gasteiger partial charge in [-0.15, -0.1) is 0 Å². The number of amides is 3. The molecule has 1 aliphatic heterocycles. The molecule has 2 heterocycles. The zero-order valence-corrected chi connectivity index (χ0v) is 14.6. The second-order valence-electron chi connectivity index (χ2n) is 6.22. The minimum absolute atomic E-state index is 0.109. The van der Waals surface area contributed by atoms with Crippen molar-refractivity contribution in [3.8, 4) is 5.69 Å². The van der Waals surface area contributed by atoms with Crippen LogP contribution in [-0.2, 0) is 9.59 Å². The summed E-state index contributed by atoms with van der Waals surface area (Å²) in [5.74, 6) is -1.53. The SMILES string of the molecule is O=C(Nc1ccccc1N1C(=O)CCC1=O)c1ccn(-c2cccc(F)c2)n1. The summed E-state index contributed by atoms with van der Waals surface area (Å²) in [5, 5.41) is 6.85. The number of carbonyl (C=O) groups excluding carboxylic acids is 3. The Hall–Kier alpha value is -3.81. The predicted octanol–water partition coefficient (Wildman–Crippen LogP) is 2.92. The Morgan fingerprint density at radius 2 is 1.75 bits per heavy atom. The van der Waals surface area contributed by atoms with E-state index in [1.165, 1.54) is 22.9 Å². The van der Waals surface area contributed by atoms with Gasteiger partial charge in [-0.2, -0.15) is 5.10 Å². The highest BCUT2D eigenvalue weighted by molar-refractivity contribution is 6.22. The van der Waals surface area contributed by atoms with Crippen LogP contribution in [0.15, 0.2) is 60.8 Å². The molecule has 0 atom stereocenters. The molecule has 3 aromatic rings. The van der Waals surface area contributed by atoms with Gasteiger partial charge in [-0.25, -0.2) is 14.0 Å². The summed E-state index contributed by atoms with van der Waals surface area (Å²) < 4.78 is 14.8. The molecule has 3 amide bonds. The lowest BCUT2D eigenvalue weighted by molar-refractivity contribution is -0.121. The van der Waals surface area contributed by atoms with E-state index in [1.54, 1.807) is 42.6 Å². The van der Waals surface area contributed by atoms with Gasteiger partial charge in [0, 0.05) is 19.0 Å². The summed E-state index contributed by atoms with van der Waals surface area (Å²) in [7, 11) is 0. The number of hydrogen-bond donors (Lipinski definition) is 1. The quantitative estimate of drug-likeness (QED) is 0.708. The Kier molecular flexibility index (Phi) is 4.44. The minimum atomic E-state index is -0.512. The van der Waals surface area contributed by atoms with Gasteiger partial charge in [0.15, 0.2) is 5.69 Å². The van der Waals surface area contributed by atoms with Crippen molar-refractivity contribution in [3.05, 3.63) is 72.3 Å². The molecule has 1 aliphatic rings. The van der Waals surface area contributed by atoms with E-state index in [2.05, 4.69) is 10.4 Å². The molecule has 0 saturated carbocycles. The topological polar surface area (TPSA) is 84.3 Å². The number of halogens is 1. The first kappa shape index (κ1) is 17.6. The molecule has 0 aliphatic carbocycles. The molecule has 28 heavy (non-hydrogen) atoms. The second-order valence-corrected chi connectivity index (χ2v) is 6.22. The highest BCUT2D eigenvalue weighted by Crippen LogP contribution is 2.30. The molecule has 0 bridgehead atoms. The number of aromatic nitrogens is 2. The molecule has 0 radical (unpaired) electrons. The van der Waals surface area contributed by atoms with E-state index in [1.807, 2.05) is 0 Å². The van der Waals surface area contributed by atoms with Gasteiger partial charge in [-0.3, -0.25) is 14.4 Å². The van der Waals surface area contributed by atoms with E-state index < -0.39 is 11.7 Å². The summed E-state index contributed by atoms with van der Waals surface area (Å²) in [6.45, 7) is 0. The lowest BCUT2D eigenvalue weighted by Gasteiger charge is -2.18. The monoisotopic (exact) mass is 378 g/mol. The predicted molar refractivity (Wildman–Crippen MR) is 99.6 cm³/mol. The summed E-state index contributed by atoms with van der Waals surface area (Å²) >= 11 is 0. The summed E-state index contributed by atoms with van der Waals surface area (Å²) in [4.78, 5) is 37.7. The fourth-order valence-corrected chi connectivity index (χ4v) is 3.01. The highest BCUT2D eigenvalue weighted by Gasteiger charge is 2.32. The molecular formula is C20H15FN4O3. The van der Waals surface area contributed by atoms with Crippen LogP contribution in [0.2, 0.25) is 0 Å². The largest absolute Gasteiger partial charge is 0.319 e. The number of nitrogens with one attached hydrogen (secondary N) is 1. The number of imide groups is 1. The second kappa shape index (κ2) is 7.07. The van der Waals surface area contributed by atoms with Gasteiger partial charge in [0.2, 0.25) is 11.8 Å². The maximum Gasteiger partial charge on any atom is 0.276 e. The van der Waals surface area contributed by atoms with E-state index in [9.17, 15) is 18.8 Å². The third kappa shape index (κ3) is 3.27. The number of nitrogens with zero attached hydrogens (tertiary/aromatic N) is 3. The standard InChI is InChI=1S/C20H15FN4O3/c21-13-4-3-5-14(12-13)24-11-10-16(23-24)20(28)22-15-6-1-2-7-17(15)25-18(26)8-9-19(25)27/h1-7,10-12H,8-9H2,(H,22,28). The van der Waals surface area contributed by atoms with Crippen LogP contribution in [0.5, 0.6) is 0 Å². The van der Waals surface area contributed by atoms with Gasteiger partial charge in [0.05, 0.1) is 17.1 Å². The van der Waals surface area contributed by atoms with Crippen LogP contribution in [0.1, 0.15) is 23.3 Å². The van der Waals surface area contributed by atoms with Crippen molar-refractivity contribution in [2.24, 2.45) is 0 Å². The van der Waals surface area contributed by atoms with Crippen LogP contribution in [-0.4, -0.2) is 27.5 Å². The zero-order chi connectivity index (χ0) is 19.7. The van der Waals surface area contributed by atoms with Crippen molar-refractivity contribution in [1.82, 2.24) is 9.78 Å². The number of para-hydroxylation sites is 2. The van der Waals surface area contributed by atoms with Crippen LogP contribution in [0.3, 0.4) is 0 Å². The Balaban J connectivity index is 1.58. The maximum atomic E-state index is 13.4. The molecule has 1 saturated heterocycles. The Labute approximate surface area is 159 Å². The van der Waals surface area contributed by atoms with Crippen LogP contribution >= 0.6 is 0 Å². The summed E-state index contributed by atoms with van der Waals surface area (Å²) in [6.07, 6.45) is 1.85. The molecule has 1 aromatic heterocycles. The smallest absolute Gasteiger partial charge is 0.276 e. The summed E-state index contributed by atoms with van der Waals surface area (Å²) in [6, 6.07) is 13.9. The highest BCUT2D eigenvalue weighted by atomic mass is 19.1. The summed E-state index contributed by atoms with van der Waals surface area (Å²) in [5.41, 5.74) is 1.25. The van der Waals surface area contributed by atoms with Gasteiger partial charge in [-0.1, -0.05) is 18.2 Å². The lowest BCUT2D eigenvalue weighted by Crippen LogP contribution is -2.29. The van der Waals surface area contributed by atoms with Crippen LogP contribution in [0, 0.1) is 5.82 Å². The Morgan fingerprint density at radius 1 is 1.00 bits per heavy atom. The van der Waals surface area contributed by atoms with Crippen molar-refractivity contribution < 1.29 is 18.8 Å². The molecule has 2 aromatic carbocycles. The maximum absolute atomic E-state index is 13.4. The molecule has 0 unspecified atom stereocenters. The number of hydrogen-bond acceptors (Lipinski definition) is 4.